The van der Waals surface area contributed by atoms with Gasteiger partial charge < -0.3 is 10.1 Å². The molecular weight excluding hydrogens is 378 g/mol. The highest BCUT2D eigenvalue weighted by molar-refractivity contribution is 6.15. The predicted octanol–water partition coefficient (Wildman–Crippen LogP) is 3.36. The summed E-state index contributed by atoms with van der Waals surface area (Å²) in [7, 11) is 0. The summed E-state index contributed by atoms with van der Waals surface area (Å²) in [5, 5.41) is 3.04. The van der Waals surface area contributed by atoms with Gasteiger partial charge in [-0.25, -0.2) is 0 Å². The van der Waals surface area contributed by atoms with Crippen LogP contribution in [0.3, 0.4) is 0 Å². The number of amides is 2. The second kappa shape index (κ2) is 7.85. The molecule has 2 amide bonds. The van der Waals surface area contributed by atoms with Crippen LogP contribution in [-0.4, -0.2) is 48.5 Å². The van der Waals surface area contributed by atoms with Gasteiger partial charge in [-0.05, 0) is 30.5 Å². The average Bonchev–Trinajstić information content (AvgIpc) is 3.26. The van der Waals surface area contributed by atoms with Crippen LogP contribution in [0, 0.1) is 0 Å². The Labute approximate surface area is 176 Å². The van der Waals surface area contributed by atoms with Gasteiger partial charge >= 0.3 is 0 Å². The van der Waals surface area contributed by atoms with E-state index < -0.39 is 5.54 Å². The molecule has 5 rings (SSSR count). The number of para-hydroxylation sites is 2. The molecule has 0 aromatic heterocycles. The maximum absolute atomic E-state index is 13.6. The van der Waals surface area contributed by atoms with Crippen molar-refractivity contribution >= 4 is 23.2 Å². The molecule has 1 aliphatic carbocycles. The number of nitrogens with one attached hydrogen (secondary N) is 1. The van der Waals surface area contributed by atoms with Gasteiger partial charge in [0.15, 0.2) is 0 Å². The Balaban J connectivity index is 1.39. The van der Waals surface area contributed by atoms with Crippen molar-refractivity contribution < 1.29 is 14.3 Å². The largest absolute Gasteiger partial charge is 0.371 e. The summed E-state index contributed by atoms with van der Waals surface area (Å²) >= 11 is 0. The van der Waals surface area contributed by atoms with Gasteiger partial charge in [-0.15, -0.1) is 0 Å². The van der Waals surface area contributed by atoms with Crippen LogP contribution in [0.15, 0.2) is 54.6 Å². The molecule has 2 heterocycles. The van der Waals surface area contributed by atoms with Crippen LogP contribution >= 0.6 is 0 Å². The molecule has 2 fully saturated rings. The van der Waals surface area contributed by atoms with Crippen molar-refractivity contribution in [1.82, 2.24) is 4.90 Å². The molecule has 1 saturated heterocycles. The van der Waals surface area contributed by atoms with E-state index in [4.69, 9.17) is 4.74 Å². The lowest BCUT2D eigenvalue weighted by Gasteiger charge is -2.45. The smallest absolute Gasteiger partial charge is 0.250 e. The normalized spacial score (nSPS) is 23.3. The summed E-state index contributed by atoms with van der Waals surface area (Å²) in [6.45, 7) is 2.26. The van der Waals surface area contributed by atoms with Crippen LogP contribution < -0.4 is 10.2 Å². The number of carbonyl (C=O) groups is 2. The highest BCUT2D eigenvalue weighted by Crippen LogP contribution is 2.45. The molecule has 1 N–H and O–H groups in total. The maximum Gasteiger partial charge on any atom is 0.250 e. The molecule has 30 heavy (non-hydrogen) atoms. The van der Waals surface area contributed by atoms with E-state index in [0.717, 1.165) is 29.8 Å². The summed E-state index contributed by atoms with van der Waals surface area (Å²) in [6, 6.07) is 17.8. The number of nitrogens with zero attached hydrogens (tertiary/aromatic N) is 2. The SMILES string of the molecule is O=C(CN1CCOC(c2ccccc2)C1)N1c2ccccc2NC(=O)C12CCCC2. The lowest BCUT2D eigenvalue weighted by Crippen LogP contribution is -2.62. The fraction of sp³-hybridized carbons (Fsp3) is 0.417. The van der Waals surface area contributed by atoms with E-state index in [1.165, 1.54) is 0 Å². The molecule has 1 atom stereocenters. The number of hydrogen-bond donors (Lipinski definition) is 1. The lowest BCUT2D eigenvalue weighted by atomic mass is 9.89. The van der Waals surface area contributed by atoms with Gasteiger partial charge in [-0.2, -0.15) is 0 Å². The second-order valence-corrected chi connectivity index (χ2v) is 8.44. The zero-order valence-corrected chi connectivity index (χ0v) is 17.0. The van der Waals surface area contributed by atoms with Crippen molar-refractivity contribution in [2.45, 2.75) is 37.3 Å². The molecule has 2 aromatic rings. The summed E-state index contributed by atoms with van der Waals surface area (Å²) in [4.78, 5) is 30.7. The Morgan fingerprint density at radius 3 is 2.60 bits per heavy atom. The van der Waals surface area contributed by atoms with Gasteiger partial charge in [0.25, 0.3) is 5.91 Å². The molecule has 1 spiro atoms. The average molecular weight is 405 g/mol. The van der Waals surface area contributed by atoms with Crippen molar-refractivity contribution in [3.63, 3.8) is 0 Å². The van der Waals surface area contributed by atoms with Crippen LogP contribution in [0.5, 0.6) is 0 Å². The molecule has 6 heteroatoms. The molecule has 3 aliphatic rings. The summed E-state index contributed by atoms with van der Waals surface area (Å²) < 4.78 is 5.96. The number of morpholine rings is 1. The van der Waals surface area contributed by atoms with E-state index in [-0.39, 0.29) is 24.5 Å². The van der Waals surface area contributed by atoms with Gasteiger partial charge in [0.05, 0.1) is 30.6 Å². The summed E-state index contributed by atoms with van der Waals surface area (Å²) in [6.07, 6.45) is 3.33. The Bertz CT molecular complexity index is 940. The topological polar surface area (TPSA) is 61.9 Å². The van der Waals surface area contributed by atoms with Crippen LogP contribution in [-0.2, 0) is 14.3 Å². The summed E-state index contributed by atoms with van der Waals surface area (Å²) in [5.74, 6) is -0.0518. The Morgan fingerprint density at radius 1 is 1.07 bits per heavy atom. The number of benzene rings is 2. The minimum absolute atomic E-state index is 0.00656. The second-order valence-electron chi connectivity index (χ2n) is 8.44. The van der Waals surface area contributed by atoms with Gasteiger partial charge in [0.2, 0.25) is 5.91 Å². The maximum atomic E-state index is 13.6. The molecule has 0 radical (unpaired) electrons. The van der Waals surface area contributed by atoms with Crippen molar-refractivity contribution in [2.75, 3.05) is 36.5 Å². The molecule has 156 valence electrons. The van der Waals surface area contributed by atoms with E-state index in [9.17, 15) is 9.59 Å². The quantitative estimate of drug-likeness (QED) is 0.851. The third kappa shape index (κ3) is 3.30. The van der Waals surface area contributed by atoms with Crippen LogP contribution in [0.2, 0.25) is 0 Å². The molecule has 0 bridgehead atoms. The fourth-order valence-corrected chi connectivity index (χ4v) is 5.11. The number of anilines is 2. The number of rotatable bonds is 3. The van der Waals surface area contributed by atoms with Gasteiger partial charge in [0.1, 0.15) is 5.54 Å². The van der Waals surface area contributed by atoms with Gasteiger partial charge in [0, 0.05) is 13.1 Å². The van der Waals surface area contributed by atoms with Crippen LogP contribution in [0.4, 0.5) is 11.4 Å². The van der Waals surface area contributed by atoms with Crippen molar-refractivity contribution in [1.29, 1.82) is 0 Å². The van der Waals surface area contributed by atoms with E-state index in [1.54, 1.807) is 4.90 Å². The number of fused-ring (bicyclic) bond motifs is 1. The predicted molar refractivity (Wildman–Crippen MR) is 115 cm³/mol. The molecular formula is C24H27N3O3. The Morgan fingerprint density at radius 2 is 1.80 bits per heavy atom. The first-order valence-electron chi connectivity index (χ1n) is 10.8. The van der Waals surface area contributed by atoms with Crippen LogP contribution in [0.1, 0.15) is 37.4 Å². The molecule has 2 aromatic carbocycles. The number of ether oxygens (including phenoxy) is 1. The monoisotopic (exact) mass is 405 g/mol. The third-order valence-electron chi connectivity index (χ3n) is 6.60. The first kappa shape index (κ1) is 19.3. The zero-order chi connectivity index (χ0) is 20.6. The van der Waals surface area contributed by atoms with Crippen molar-refractivity contribution in [3.05, 3.63) is 60.2 Å². The van der Waals surface area contributed by atoms with E-state index in [2.05, 4.69) is 22.3 Å². The summed E-state index contributed by atoms with van der Waals surface area (Å²) in [5.41, 5.74) is 1.91. The number of hydrogen-bond acceptors (Lipinski definition) is 4. The van der Waals surface area contributed by atoms with E-state index in [0.29, 0.717) is 32.5 Å². The van der Waals surface area contributed by atoms with E-state index in [1.807, 2.05) is 42.5 Å². The molecule has 1 unspecified atom stereocenters. The number of carbonyl (C=O) groups excluding carboxylic acids is 2. The van der Waals surface area contributed by atoms with E-state index >= 15 is 0 Å². The zero-order valence-electron chi connectivity index (χ0n) is 17.0. The minimum Gasteiger partial charge on any atom is -0.371 e. The Hall–Kier alpha value is -2.70. The lowest BCUT2D eigenvalue weighted by molar-refractivity contribution is -0.129. The third-order valence-corrected chi connectivity index (χ3v) is 6.60. The highest BCUT2D eigenvalue weighted by Gasteiger charge is 2.52. The highest BCUT2D eigenvalue weighted by atomic mass is 16.5. The Kier molecular flexibility index (Phi) is 5.05. The van der Waals surface area contributed by atoms with Crippen molar-refractivity contribution in [2.24, 2.45) is 0 Å². The fourth-order valence-electron chi connectivity index (χ4n) is 5.11. The molecule has 2 aliphatic heterocycles. The first-order chi connectivity index (χ1) is 14.7. The van der Waals surface area contributed by atoms with Crippen molar-refractivity contribution in [3.8, 4) is 0 Å². The first-order valence-corrected chi connectivity index (χ1v) is 10.8. The molecule has 1 saturated carbocycles. The van der Waals surface area contributed by atoms with Gasteiger partial charge in [-0.1, -0.05) is 55.3 Å². The standard InChI is InChI=1S/C24H27N3O3/c28-22(17-26-14-15-30-21(16-26)18-8-2-1-3-9-18)27-20-11-5-4-10-19(20)25-23(29)24(27)12-6-7-13-24/h1-5,8-11,21H,6-7,12-17H2,(H,25,29). The minimum atomic E-state index is -0.753. The van der Waals surface area contributed by atoms with Crippen LogP contribution in [0.25, 0.3) is 0 Å². The molecule has 6 nitrogen and oxygen atoms in total. The van der Waals surface area contributed by atoms with Gasteiger partial charge in [-0.3, -0.25) is 19.4 Å².